The van der Waals surface area contributed by atoms with Crippen molar-refractivity contribution in [2.45, 2.75) is 13.8 Å². The van der Waals surface area contributed by atoms with Crippen LogP contribution >= 0.6 is 0 Å². The zero-order chi connectivity index (χ0) is 16.5. The van der Waals surface area contributed by atoms with Gasteiger partial charge in [-0.15, -0.1) is 0 Å². The summed E-state index contributed by atoms with van der Waals surface area (Å²) in [6.45, 7) is 4.23. The molecule has 4 aromatic rings. The van der Waals surface area contributed by atoms with Crippen LogP contribution in [-0.2, 0) is 0 Å². The minimum atomic E-state index is 0.921. The van der Waals surface area contributed by atoms with E-state index in [9.17, 15) is 0 Å². The Morgan fingerprint density at radius 2 is 1.33 bits per heavy atom. The SMILES string of the molecule is Cc1ccccc1-c1ccc2nc(-c3ccccc3C)cnc2c1. The molecule has 0 unspecified atom stereocenters. The van der Waals surface area contributed by atoms with Crippen molar-refractivity contribution in [1.29, 1.82) is 0 Å². The van der Waals surface area contributed by atoms with E-state index >= 15 is 0 Å². The highest BCUT2D eigenvalue weighted by Crippen LogP contribution is 2.27. The maximum Gasteiger partial charge on any atom is 0.0895 e. The maximum atomic E-state index is 4.80. The summed E-state index contributed by atoms with van der Waals surface area (Å²) in [5.74, 6) is 0. The summed E-state index contributed by atoms with van der Waals surface area (Å²) in [4.78, 5) is 9.45. The van der Waals surface area contributed by atoms with Crippen LogP contribution in [0.25, 0.3) is 33.4 Å². The number of rotatable bonds is 2. The Balaban J connectivity index is 1.82. The van der Waals surface area contributed by atoms with Crippen molar-refractivity contribution in [1.82, 2.24) is 9.97 Å². The second-order valence-corrected chi connectivity index (χ2v) is 6.09. The summed E-state index contributed by atoms with van der Waals surface area (Å²) in [6, 6.07) is 23.0. The fourth-order valence-electron chi connectivity index (χ4n) is 3.07. The van der Waals surface area contributed by atoms with Crippen LogP contribution < -0.4 is 0 Å². The van der Waals surface area contributed by atoms with Crippen LogP contribution in [0.2, 0.25) is 0 Å². The first kappa shape index (κ1) is 14.6. The van der Waals surface area contributed by atoms with Gasteiger partial charge in [0.25, 0.3) is 0 Å². The van der Waals surface area contributed by atoms with Crippen LogP contribution in [0.3, 0.4) is 0 Å². The average molecular weight is 310 g/mol. The van der Waals surface area contributed by atoms with Crippen molar-refractivity contribution >= 4 is 11.0 Å². The zero-order valence-electron chi connectivity index (χ0n) is 13.8. The summed E-state index contributed by atoms with van der Waals surface area (Å²) in [7, 11) is 0. The molecule has 2 nitrogen and oxygen atoms in total. The van der Waals surface area contributed by atoms with Gasteiger partial charge in [0.15, 0.2) is 0 Å². The van der Waals surface area contributed by atoms with Crippen LogP contribution in [0.15, 0.2) is 72.9 Å². The first-order valence-electron chi connectivity index (χ1n) is 8.11. The van der Waals surface area contributed by atoms with Gasteiger partial charge in [-0.25, -0.2) is 4.98 Å². The Bertz CT molecular complexity index is 950. The van der Waals surface area contributed by atoms with Crippen LogP contribution in [-0.4, -0.2) is 9.97 Å². The molecule has 0 N–H and O–H groups in total. The lowest BCUT2D eigenvalue weighted by atomic mass is 10.00. The van der Waals surface area contributed by atoms with Crippen molar-refractivity contribution in [3.8, 4) is 22.4 Å². The number of nitrogens with zero attached hydrogens (tertiary/aromatic N) is 2. The van der Waals surface area contributed by atoms with Crippen LogP contribution in [0.4, 0.5) is 0 Å². The molecule has 116 valence electrons. The van der Waals surface area contributed by atoms with Gasteiger partial charge in [0.2, 0.25) is 0 Å². The number of hydrogen-bond donors (Lipinski definition) is 0. The van der Waals surface area contributed by atoms with Gasteiger partial charge in [-0.2, -0.15) is 0 Å². The first-order valence-corrected chi connectivity index (χ1v) is 8.11. The summed E-state index contributed by atoms with van der Waals surface area (Å²) in [5, 5.41) is 0. The van der Waals surface area contributed by atoms with Crippen molar-refractivity contribution < 1.29 is 0 Å². The zero-order valence-corrected chi connectivity index (χ0v) is 13.8. The fourth-order valence-corrected chi connectivity index (χ4v) is 3.07. The fraction of sp³-hybridized carbons (Fsp3) is 0.0909. The maximum absolute atomic E-state index is 4.80. The molecule has 0 aliphatic rings. The van der Waals surface area contributed by atoms with Gasteiger partial charge < -0.3 is 0 Å². The third kappa shape index (κ3) is 2.56. The predicted molar refractivity (Wildman–Crippen MR) is 99.9 cm³/mol. The van der Waals surface area contributed by atoms with E-state index in [0.717, 1.165) is 22.3 Å². The van der Waals surface area contributed by atoms with Gasteiger partial charge in [0, 0.05) is 5.56 Å². The molecule has 0 aliphatic heterocycles. The molecular formula is C22H18N2. The largest absolute Gasteiger partial charge is 0.252 e. The molecule has 0 spiro atoms. The molecule has 0 bridgehead atoms. The molecule has 0 aliphatic carbocycles. The highest BCUT2D eigenvalue weighted by molar-refractivity contribution is 5.83. The first-order chi connectivity index (χ1) is 11.7. The van der Waals surface area contributed by atoms with Crippen molar-refractivity contribution in [2.24, 2.45) is 0 Å². The smallest absolute Gasteiger partial charge is 0.0895 e. The number of benzene rings is 3. The molecule has 0 radical (unpaired) electrons. The second-order valence-electron chi connectivity index (χ2n) is 6.09. The Kier molecular flexibility index (Phi) is 3.58. The van der Waals surface area contributed by atoms with E-state index in [-0.39, 0.29) is 0 Å². The topological polar surface area (TPSA) is 25.8 Å². The van der Waals surface area contributed by atoms with Crippen molar-refractivity contribution in [3.63, 3.8) is 0 Å². The van der Waals surface area contributed by atoms with Crippen molar-refractivity contribution in [2.75, 3.05) is 0 Å². The summed E-state index contributed by atoms with van der Waals surface area (Å²) >= 11 is 0. The average Bonchev–Trinajstić information content (AvgIpc) is 2.62. The standard InChI is InChI=1S/C22H18N2/c1-15-7-3-5-9-18(15)17-11-12-20-21(13-17)23-14-22(24-20)19-10-6-4-8-16(19)2/h3-14H,1-2H3. The summed E-state index contributed by atoms with van der Waals surface area (Å²) in [5.41, 5.74) is 8.80. The number of fused-ring (bicyclic) bond motifs is 1. The van der Waals surface area contributed by atoms with E-state index in [4.69, 9.17) is 4.98 Å². The van der Waals surface area contributed by atoms with Crippen molar-refractivity contribution in [3.05, 3.63) is 84.1 Å². The van der Waals surface area contributed by atoms with Gasteiger partial charge >= 0.3 is 0 Å². The molecular weight excluding hydrogens is 292 g/mol. The van der Waals surface area contributed by atoms with Gasteiger partial charge in [-0.3, -0.25) is 4.98 Å². The molecule has 0 fully saturated rings. The lowest BCUT2D eigenvalue weighted by Crippen LogP contribution is -1.91. The monoisotopic (exact) mass is 310 g/mol. The Labute approximate surface area is 141 Å². The Morgan fingerprint density at radius 1 is 0.667 bits per heavy atom. The van der Waals surface area contributed by atoms with E-state index in [2.05, 4.69) is 73.4 Å². The minimum Gasteiger partial charge on any atom is -0.252 e. The molecule has 4 rings (SSSR count). The number of hydrogen-bond acceptors (Lipinski definition) is 2. The van der Waals surface area contributed by atoms with Crippen LogP contribution in [0.1, 0.15) is 11.1 Å². The normalized spacial score (nSPS) is 10.9. The van der Waals surface area contributed by atoms with E-state index in [1.165, 1.54) is 22.3 Å². The molecule has 3 aromatic carbocycles. The summed E-state index contributed by atoms with van der Waals surface area (Å²) in [6.07, 6.45) is 1.87. The van der Waals surface area contributed by atoms with E-state index in [1.54, 1.807) is 0 Å². The van der Waals surface area contributed by atoms with Crippen LogP contribution in [0, 0.1) is 13.8 Å². The molecule has 24 heavy (non-hydrogen) atoms. The van der Waals surface area contributed by atoms with Gasteiger partial charge in [-0.05, 0) is 48.2 Å². The Hall–Kier alpha value is -3.00. The number of aryl methyl sites for hydroxylation is 2. The molecule has 1 aromatic heterocycles. The molecule has 0 saturated carbocycles. The molecule has 0 amide bonds. The molecule has 1 heterocycles. The Morgan fingerprint density at radius 3 is 2.04 bits per heavy atom. The van der Waals surface area contributed by atoms with Gasteiger partial charge in [0.05, 0.1) is 22.9 Å². The third-order valence-electron chi connectivity index (χ3n) is 4.42. The van der Waals surface area contributed by atoms with E-state index in [0.29, 0.717) is 0 Å². The molecule has 0 saturated heterocycles. The van der Waals surface area contributed by atoms with Gasteiger partial charge in [0.1, 0.15) is 0 Å². The lowest BCUT2D eigenvalue weighted by Gasteiger charge is -2.08. The molecule has 0 atom stereocenters. The molecule has 2 heteroatoms. The highest BCUT2D eigenvalue weighted by atomic mass is 14.8. The lowest BCUT2D eigenvalue weighted by molar-refractivity contribution is 1.28. The van der Waals surface area contributed by atoms with Gasteiger partial charge in [-0.1, -0.05) is 54.6 Å². The van der Waals surface area contributed by atoms with E-state index in [1.807, 2.05) is 18.3 Å². The second kappa shape index (κ2) is 5.89. The summed E-state index contributed by atoms with van der Waals surface area (Å²) < 4.78 is 0. The quantitative estimate of drug-likeness (QED) is 0.483. The predicted octanol–water partition coefficient (Wildman–Crippen LogP) is 5.58. The third-order valence-corrected chi connectivity index (χ3v) is 4.42. The van der Waals surface area contributed by atoms with E-state index < -0.39 is 0 Å². The van der Waals surface area contributed by atoms with Crippen LogP contribution in [0.5, 0.6) is 0 Å². The minimum absolute atomic E-state index is 0.921. The highest BCUT2D eigenvalue weighted by Gasteiger charge is 2.07. The number of aromatic nitrogens is 2.